The minimum atomic E-state index is -1.42. The standard InChI is InChI=1S/C27H21N3O6S2/c1-15-14-37-27(28-15)30-24(32)22(16-6-3-2-4-7-16)38-19-9-5-8-18(13-19)29-23(31)20-11-10-17(25(33)34)12-21(20)26(35)36/h2-14,22H,1H3,(H,29,31)(H,33,34)(H,35,36)(H,28,30,32). The monoisotopic (exact) mass is 547 g/mol. The van der Waals surface area contributed by atoms with Crippen LogP contribution in [-0.2, 0) is 4.79 Å². The third kappa shape index (κ3) is 6.44. The molecular formula is C27H21N3O6S2. The van der Waals surface area contributed by atoms with Gasteiger partial charge >= 0.3 is 11.9 Å². The zero-order chi connectivity index (χ0) is 27.2. The maximum atomic E-state index is 13.2. The molecule has 9 nitrogen and oxygen atoms in total. The first-order valence-electron chi connectivity index (χ1n) is 11.2. The van der Waals surface area contributed by atoms with E-state index in [1.165, 1.54) is 29.2 Å². The number of rotatable bonds is 9. The molecule has 0 radical (unpaired) electrons. The number of aromatic carboxylic acids is 2. The Hall–Kier alpha value is -4.48. The second-order valence-corrected chi connectivity index (χ2v) is 10.1. The molecule has 1 heterocycles. The minimum absolute atomic E-state index is 0.180. The molecule has 2 amide bonds. The molecule has 3 aromatic carbocycles. The van der Waals surface area contributed by atoms with Gasteiger partial charge in [0.1, 0.15) is 5.25 Å². The lowest BCUT2D eigenvalue weighted by Gasteiger charge is -2.17. The predicted molar refractivity (Wildman–Crippen MR) is 145 cm³/mol. The van der Waals surface area contributed by atoms with Crippen LogP contribution >= 0.6 is 23.1 Å². The van der Waals surface area contributed by atoms with E-state index in [1.807, 2.05) is 42.6 Å². The van der Waals surface area contributed by atoms with Crippen molar-refractivity contribution in [3.63, 3.8) is 0 Å². The van der Waals surface area contributed by atoms with E-state index in [9.17, 15) is 24.3 Å². The van der Waals surface area contributed by atoms with Crippen molar-refractivity contribution in [2.75, 3.05) is 10.6 Å². The number of hydrogen-bond donors (Lipinski definition) is 4. The normalized spacial score (nSPS) is 11.4. The van der Waals surface area contributed by atoms with Gasteiger partial charge < -0.3 is 20.8 Å². The molecule has 4 rings (SSSR count). The number of nitrogens with one attached hydrogen (secondary N) is 2. The lowest BCUT2D eigenvalue weighted by atomic mass is 10.0. The maximum Gasteiger partial charge on any atom is 0.336 e. The van der Waals surface area contributed by atoms with Gasteiger partial charge in [0, 0.05) is 16.0 Å². The van der Waals surface area contributed by atoms with E-state index >= 15 is 0 Å². The smallest absolute Gasteiger partial charge is 0.336 e. The van der Waals surface area contributed by atoms with Crippen LogP contribution < -0.4 is 10.6 Å². The van der Waals surface area contributed by atoms with Crippen molar-refractivity contribution in [1.82, 2.24) is 4.98 Å². The minimum Gasteiger partial charge on any atom is -0.478 e. The van der Waals surface area contributed by atoms with Crippen molar-refractivity contribution in [1.29, 1.82) is 0 Å². The number of carboxylic acids is 2. The van der Waals surface area contributed by atoms with E-state index in [0.717, 1.165) is 23.4 Å². The van der Waals surface area contributed by atoms with Crippen molar-refractivity contribution in [2.24, 2.45) is 0 Å². The van der Waals surface area contributed by atoms with Crippen LogP contribution in [0, 0.1) is 6.92 Å². The first-order valence-corrected chi connectivity index (χ1v) is 12.9. The Morgan fingerprint density at radius 1 is 0.868 bits per heavy atom. The Kier molecular flexibility index (Phi) is 8.19. The summed E-state index contributed by atoms with van der Waals surface area (Å²) in [5.41, 5.74) is 1.12. The van der Waals surface area contributed by atoms with Crippen LogP contribution in [0.5, 0.6) is 0 Å². The zero-order valence-corrected chi connectivity index (χ0v) is 21.5. The van der Waals surface area contributed by atoms with Crippen LogP contribution in [0.2, 0.25) is 0 Å². The molecule has 1 atom stereocenters. The van der Waals surface area contributed by atoms with E-state index in [4.69, 9.17) is 5.11 Å². The summed E-state index contributed by atoms with van der Waals surface area (Å²) in [5.74, 6) is -3.69. The molecule has 0 fully saturated rings. The Morgan fingerprint density at radius 3 is 2.29 bits per heavy atom. The van der Waals surface area contributed by atoms with Crippen molar-refractivity contribution in [2.45, 2.75) is 17.1 Å². The second-order valence-electron chi connectivity index (χ2n) is 8.04. The summed E-state index contributed by atoms with van der Waals surface area (Å²) < 4.78 is 0. The zero-order valence-electron chi connectivity index (χ0n) is 19.9. The Morgan fingerprint density at radius 2 is 1.63 bits per heavy atom. The number of aryl methyl sites for hydroxylation is 1. The number of hydrogen-bond acceptors (Lipinski definition) is 7. The average molecular weight is 548 g/mol. The van der Waals surface area contributed by atoms with Gasteiger partial charge in [-0.3, -0.25) is 9.59 Å². The van der Waals surface area contributed by atoms with Gasteiger partial charge in [0.15, 0.2) is 5.13 Å². The number of benzene rings is 3. The summed E-state index contributed by atoms with van der Waals surface area (Å²) in [6.07, 6.45) is 0. The molecule has 11 heteroatoms. The summed E-state index contributed by atoms with van der Waals surface area (Å²) in [6, 6.07) is 19.3. The van der Waals surface area contributed by atoms with Gasteiger partial charge in [0.05, 0.1) is 22.4 Å². The highest BCUT2D eigenvalue weighted by molar-refractivity contribution is 8.00. The number of nitrogens with zero attached hydrogens (tertiary/aromatic N) is 1. The van der Waals surface area contributed by atoms with Gasteiger partial charge in [0.2, 0.25) is 5.91 Å². The van der Waals surface area contributed by atoms with Crippen molar-refractivity contribution in [3.05, 3.63) is 106 Å². The lowest BCUT2D eigenvalue weighted by molar-refractivity contribution is -0.115. The molecular weight excluding hydrogens is 526 g/mol. The topological polar surface area (TPSA) is 146 Å². The molecule has 0 saturated carbocycles. The fraction of sp³-hybridized carbons (Fsp3) is 0.0741. The molecule has 1 aromatic heterocycles. The van der Waals surface area contributed by atoms with E-state index in [2.05, 4.69) is 15.6 Å². The fourth-order valence-corrected chi connectivity index (χ4v) is 5.29. The van der Waals surface area contributed by atoms with Gasteiger partial charge in [-0.15, -0.1) is 23.1 Å². The molecule has 0 saturated heterocycles. The summed E-state index contributed by atoms with van der Waals surface area (Å²) >= 11 is 2.62. The van der Waals surface area contributed by atoms with E-state index < -0.39 is 28.7 Å². The third-order valence-corrected chi connectivity index (χ3v) is 7.40. The first-order chi connectivity index (χ1) is 18.2. The van der Waals surface area contributed by atoms with Crippen molar-refractivity contribution >= 4 is 57.7 Å². The molecule has 1 unspecified atom stereocenters. The maximum absolute atomic E-state index is 13.2. The van der Waals surface area contributed by atoms with E-state index in [-0.39, 0.29) is 17.0 Å². The summed E-state index contributed by atoms with van der Waals surface area (Å²) in [6.45, 7) is 1.84. The van der Waals surface area contributed by atoms with Gasteiger partial charge in [-0.2, -0.15) is 0 Å². The molecule has 4 aromatic rings. The van der Waals surface area contributed by atoms with E-state index in [0.29, 0.717) is 15.7 Å². The number of carbonyl (C=O) groups excluding carboxylic acids is 2. The molecule has 0 aliphatic carbocycles. The van der Waals surface area contributed by atoms with Crippen LogP contribution in [0.3, 0.4) is 0 Å². The highest BCUT2D eigenvalue weighted by atomic mass is 32.2. The fourth-order valence-electron chi connectivity index (χ4n) is 3.52. The first kappa shape index (κ1) is 26.6. The summed E-state index contributed by atoms with van der Waals surface area (Å²) in [4.78, 5) is 53.9. The lowest BCUT2D eigenvalue weighted by Crippen LogP contribution is -2.19. The Labute approximate surface area is 225 Å². The van der Waals surface area contributed by atoms with Crippen molar-refractivity contribution < 1.29 is 29.4 Å². The molecule has 192 valence electrons. The molecule has 0 bridgehead atoms. The number of thiazole rings is 1. The van der Waals surface area contributed by atoms with Gasteiger partial charge in [-0.1, -0.05) is 36.4 Å². The number of aromatic nitrogens is 1. The van der Waals surface area contributed by atoms with Gasteiger partial charge in [-0.05, 0) is 48.9 Å². The third-order valence-electron chi connectivity index (χ3n) is 5.28. The van der Waals surface area contributed by atoms with E-state index in [1.54, 1.807) is 24.3 Å². The summed E-state index contributed by atoms with van der Waals surface area (Å²) in [7, 11) is 0. The number of anilines is 2. The van der Waals surface area contributed by atoms with Gasteiger partial charge in [-0.25, -0.2) is 14.6 Å². The van der Waals surface area contributed by atoms with Crippen LogP contribution in [-0.4, -0.2) is 39.0 Å². The number of carboxylic acid groups (broad SMARTS) is 2. The Balaban J connectivity index is 1.56. The van der Waals surface area contributed by atoms with Gasteiger partial charge in [0.25, 0.3) is 5.91 Å². The van der Waals surface area contributed by atoms with Crippen LogP contribution in [0.15, 0.2) is 83.1 Å². The molecule has 0 aliphatic rings. The average Bonchev–Trinajstić information content (AvgIpc) is 3.31. The second kappa shape index (κ2) is 11.7. The quantitative estimate of drug-likeness (QED) is 0.199. The largest absolute Gasteiger partial charge is 0.478 e. The van der Waals surface area contributed by atoms with Crippen LogP contribution in [0.4, 0.5) is 10.8 Å². The predicted octanol–water partition coefficient (Wildman–Crippen LogP) is 5.57. The molecule has 0 spiro atoms. The summed E-state index contributed by atoms with van der Waals surface area (Å²) in [5, 5.41) is 25.9. The van der Waals surface area contributed by atoms with Crippen LogP contribution in [0.1, 0.15) is 47.6 Å². The number of amides is 2. The number of thioether (sulfide) groups is 1. The SMILES string of the molecule is Cc1csc(NC(=O)C(Sc2cccc(NC(=O)c3ccc(C(=O)O)cc3C(=O)O)c2)c2ccccc2)n1. The highest BCUT2D eigenvalue weighted by Crippen LogP contribution is 2.37. The highest BCUT2D eigenvalue weighted by Gasteiger charge is 2.24. The molecule has 4 N–H and O–H groups in total. The number of carbonyl (C=O) groups is 4. The molecule has 0 aliphatic heterocycles. The van der Waals surface area contributed by atoms with Crippen molar-refractivity contribution in [3.8, 4) is 0 Å². The van der Waals surface area contributed by atoms with Crippen LogP contribution in [0.25, 0.3) is 0 Å². The molecule has 38 heavy (non-hydrogen) atoms. The Bertz CT molecular complexity index is 1520.